The van der Waals surface area contributed by atoms with E-state index in [0.717, 1.165) is 28.3 Å². The number of aromatic amines is 1. The van der Waals surface area contributed by atoms with Crippen LogP contribution >= 0.6 is 0 Å². The first kappa shape index (κ1) is 19.8. The Balaban J connectivity index is 1.43. The second-order valence-electron chi connectivity index (χ2n) is 6.62. The lowest BCUT2D eigenvalue weighted by Crippen LogP contribution is -2.13. The number of nitrogens with two attached hydrogens (primary N) is 1. The zero-order valence-electron chi connectivity index (χ0n) is 16.7. The van der Waals surface area contributed by atoms with E-state index in [9.17, 15) is 4.79 Å². The highest BCUT2D eigenvalue weighted by Gasteiger charge is 2.07. The minimum absolute atomic E-state index is 0.197. The molecule has 0 unspecified atom stereocenters. The number of benzene rings is 2. The fraction of sp³-hybridized carbons (Fsp3) is 0.0952. The number of hydrogen-bond acceptors (Lipinski definition) is 8. The quantitative estimate of drug-likeness (QED) is 0.343. The number of carbonyl (C=O) groups excluding carboxylic acids is 1. The third kappa shape index (κ3) is 5.12. The van der Waals surface area contributed by atoms with Gasteiger partial charge in [0.05, 0.1) is 19.2 Å². The molecule has 0 aliphatic heterocycles. The molecule has 156 valence electrons. The summed E-state index contributed by atoms with van der Waals surface area (Å²) < 4.78 is 5.18. The molecular formula is C21H20N8O2. The molecule has 0 spiro atoms. The van der Waals surface area contributed by atoms with Crippen molar-refractivity contribution >= 4 is 29.3 Å². The molecule has 4 rings (SSSR count). The zero-order valence-corrected chi connectivity index (χ0v) is 16.7. The summed E-state index contributed by atoms with van der Waals surface area (Å²) >= 11 is 0. The van der Waals surface area contributed by atoms with E-state index in [1.807, 2.05) is 54.6 Å². The van der Waals surface area contributed by atoms with Crippen molar-refractivity contribution in [1.82, 2.24) is 25.1 Å². The van der Waals surface area contributed by atoms with Gasteiger partial charge in [-0.15, -0.1) is 0 Å². The third-order valence-corrected chi connectivity index (χ3v) is 4.38. The van der Waals surface area contributed by atoms with Gasteiger partial charge in [-0.1, -0.05) is 12.1 Å². The van der Waals surface area contributed by atoms with Gasteiger partial charge < -0.3 is 21.1 Å². The Morgan fingerprint density at radius 3 is 2.42 bits per heavy atom. The highest BCUT2D eigenvalue weighted by Crippen LogP contribution is 2.23. The van der Waals surface area contributed by atoms with Gasteiger partial charge in [0.25, 0.3) is 0 Å². The molecule has 10 heteroatoms. The number of hydrogen-bond donors (Lipinski definition) is 4. The first-order valence-electron chi connectivity index (χ1n) is 9.39. The Morgan fingerprint density at radius 1 is 1.03 bits per heavy atom. The van der Waals surface area contributed by atoms with Crippen molar-refractivity contribution < 1.29 is 9.53 Å². The van der Waals surface area contributed by atoms with Gasteiger partial charge in [-0.3, -0.25) is 9.89 Å². The van der Waals surface area contributed by atoms with Gasteiger partial charge >= 0.3 is 0 Å². The van der Waals surface area contributed by atoms with Gasteiger partial charge in [0.2, 0.25) is 17.8 Å². The van der Waals surface area contributed by atoms with Crippen LogP contribution in [0.3, 0.4) is 0 Å². The molecule has 31 heavy (non-hydrogen) atoms. The Labute approximate surface area is 177 Å². The van der Waals surface area contributed by atoms with Gasteiger partial charge in [0.15, 0.2) is 5.82 Å². The topological polar surface area (TPSA) is 144 Å². The SMILES string of the molecule is COc1ccc(-c2cc(Nc3ncnc(Nc4ccc(CC(N)=O)cc4)n3)n[nH]2)cc1. The number of methoxy groups -OCH3 is 1. The maximum Gasteiger partial charge on any atom is 0.233 e. The fourth-order valence-corrected chi connectivity index (χ4v) is 2.87. The monoisotopic (exact) mass is 416 g/mol. The van der Waals surface area contributed by atoms with E-state index in [0.29, 0.717) is 17.7 Å². The van der Waals surface area contributed by atoms with E-state index in [1.54, 1.807) is 7.11 Å². The van der Waals surface area contributed by atoms with Crippen molar-refractivity contribution in [1.29, 1.82) is 0 Å². The number of ether oxygens (including phenoxy) is 1. The van der Waals surface area contributed by atoms with Crippen LogP contribution in [0.5, 0.6) is 5.75 Å². The largest absolute Gasteiger partial charge is 0.497 e. The first-order chi connectivity index (χ1) is 15.1. The molecule has 0 saturated carbocycles. The summed E-state index contributed by atoms with van der Waals surface area (Å²) in [7, 11) is 1.63. The molecule has 2 heterocycles. The lowest BCUT2D eigenvalue weighted by Gasteiger charge is -2.07. The van der Waals surface area contributed by atoms with Crippen LogP contribution in [0.2, 0.25) is 0 Å². The van der Waals surface area contributed by atoms with Crippen molar-refractivity contribution in [2.45, 2.75) is 6.42 Å². The Bertz CT molecular complexity index is 1170. The molecule has 5 N–H and O–H groups in total. The molecule has 0 saturated heterocycles. The molecule has 0 fully saturated rings. The molecular weight excluding hydrogens is 396 g/mol. The number of primary amides is 1. The molecule has 0 atom stereocenters. The van der Waals surface area contributed by atoms with Gasteiger partial charge in [-0.25, -0.2) is 9.97 Å². The standard InChI is InChI=1S/C21H20N8O2/c1-31-16-8-4-14(5-9-16)17-11-19(29-28-17)26-21-24-12-23-20(27-21)25-15-6-2-13(3-7-15)10-18(22)30/h2-9,11-12H,10H2,1H3,(H2,22,30)(H3,23,24,25,26,27,28,29). The van der Waals surface area contributed by atoms with E-state index in [4.69, 9.17) is 10.5 Å². The van der Waals surface area contributed by atoms with Gasteiger partial charge in [0.1, 0.15) is 12.1 Å². The second-order valence-corrected chi connectivity index (χ2v) is 6.62. The molecule has 0 radical (unpaired) electrons. The van der Waals surface area contributed by atoms with Crippen LogP contribution in [0.25, 0.3) is 11.3 Å². The molecule has 0 aliphatic carbocycles. The van der Waals surface area contributed by atoms with Crippen molar-refractivity contribution in [3.8, 4) is 17.0 Å². The smallest absolute Gasteiger partial charge is 0.233 e. The van der Waals surface area contributed by atoms with E-state index in [1.165, 1.54) is 6.33 Å². The van der Waals surface area contributed by atoms with Crippen LogP contribution in [0.4, 0.5) is 23.4 Å². The average molecular weight is 416 g/mol. The number of rotatable bonds is 8. The lowest BCUT2D eigenvalue weighted by atomic mass is 10.1. The maximum atomic E-state index is 11.0. The minimum atomic E-state index is -0.373. The fourth-order valence-electron chi connectivity index (χ4n) is 2.87. The summed E-state index contributed by atoms with van der Waals surface area (Å²) in [5.74, 6) is 1.69. The van der Waals surface area contributed by atoms with E-state index < -0.39 is 0 Å². The molecule has 4 aromatic rings. The average Bonchev–Trinajstić information content (AvgIpc) is 3.23. The number of anilines is 4. The Morgan fingerprint density at radius 2 is 1.74 bits per heavy atom. The summed E-state index contributed by atoms with van der Waals surface area (Å²) in [5.41, 5.74) is 8.63. The Hall–Kier alpha value is -4.47. The van der Waals surface area contributed by atoms with Gasteiger partial charge in [-0.05, 0) is 47.5 Å². The molecule has 2 aromatic heterocycles. The summed E-state index contributed by atoms with van der Waals surface area (Å²) in [6, 6.07) is 16.8. The number of H-pyrrole nitrogens is 1. The maximum absolute atomic E-state index is 11.0. The van der Waals surface area contributed by atoms with Gasteiger partial charge in [-0.2, -0.15) is 10.1 Å². The van der Waals surface area contributed by atoms with Crippen LogP contribution in [0, 0.1) is 0 Å². The van der Waals surface area contributed by atoms with Gasteiger partial charge in [0, 0.05) is 11.8 Å². The summed E-state index contributed by atoms with van der Waals surface area (Å²) in [6.07, 6.45) is 1.60. The highest BCUT2D eigenvalue weighted by molar-refractivity contribution is 5.76. The van der Waals surface area contributed by atoms with Crippen LogP contribution < -0.4 is 21.1 Å². The van der Waals surface area contributed by atoms with E-state index >= 15 is 0 Å². The van der Waals surface area contributed by atoms with Crippen LogP contribution in [0.1, 0.15) is 5.56 Å². The van der Waals surface area contributed by atoms with E-state index in [2.05, 4.69) is 35.8 Å². The van der Waals surface area contributed by atoms with Crippen molar-refractivity contribution in [3.63, 3.8) is 0 Å². The predicted octanol–water partition coefficient (Wildman–Crippen LogP) is 2.79. The van der Waals surface area contributed by atoms with Crippen molar-refractivity contribution in [3.05, 3.63) is 66.5 Å². The van der Waals surface area contributed by atoms with Crippen LogP contribution in [-0.4, -0.2) is 38.2 Å². The number of aromatic nitrogens is 5. The second kappa shape index (κ2) is 8.91. The number of nitrogens with zero attached hydrogens (tertiary/aromatic N) is 4. The summed E-state index contributed by atoms with van der Waals surface area (Å²) in [4.78, 5) is 23.6. The lowest BCUT2D eigenvalue weighted by molar-refractivity contribution is -0.117. The molecule has 10 nitrogen and oxygen atoms in total. The van der Waals surface area contributed by atoms with Crippen molar-refractivity contribution in [2.24, 2.45) is 5.73 Å². The first-order valence-corrected chi connectivity index (χ1v) is 9.39. The van der Waals surface area contributed by atoms with Crippen LogP contribution in [0.15, 0.2) is 60.9 Å². The third-order valence-electron chi connectivity index (χ3n) is 4.38. The zero-order chi connectivity index (χ0) is 21.6. The molecule has 0 bridgehead atoms. The predicted molar refractivity (Wildman–Crippen MR) is 116 cm³/mol. The van der Waals surface area contributed by atoms with E-state index in [-0.39, 0.29) is 12.3 Å². The normalized spacial score (nSPS) is 10.5. The van der Waals surface area contributed by atoms with Crippen LogP contribution in [-0.2, 0) is 11.2 Å². The number of nitrogens with one attached hydrogen (secondary N) is 3. The summed E-state index contributed by atoms with van der Waals surface area (Å²) in [5, 5.41) is 13.4. The molecule has 0 aliphatic rings. The summed E-state index contributed by atoms with van der Waals surface area (Å²) in [6.45, 7) is 0. The minimum Gasteiger partial charge on any atom is -0.497 e. The molecule has 2 aromatic carbocycles. The molecule has 1 amide bonds. The van der Waals surface area contributed by atoms with Crippen molar-refractivity contribution in [2.75, 3.05) is 17.7 Å². The number of amides is 1. The highest BCUT2D eigenvalue weighted by atomic mass is 16.5. The Kier molecular flexibility index (Phi) is 5.70. The number of carbonyl (C=O) groups is 1.